The summed E-state index contributed by atoms with van der Waals surface area (Å²) in [6, 6.07) is 0. The van der Waals surface area contributed by atoms with Crippen LogP contribution in [0.5, 0.6) is 0 Å². The summed E-state index contributed by atoms with van der Waals surface area (Å²) in [7, 11) is 0. The molecule has 0 radical (unpaired) electrons. The van der Waals surface area contributed by atoms with Gasteiger partial charge in [0.2, 0.25) is 6.10 Å². The van der Waals surface area contributed by atoms with Crippen LogP contribution in [0.15, 0.2) is 0 Å². The van der Waals surface area contributed by atoms with Crippen molar-refractivity contribution in [2.24, 2.45) is 0 Å². The first-order valence-electron chi connectivity index (χ1n) is 3.71. The van der Waals surface area contributed by atoms with E-state index < -0.39 is 30.7 Å². The predicted molar refractivity (Wildman–Crippen MR) is 34.9 cm³/mol. The van der Waals surface area contributed by atoms with Crippen LogP contribution in [0.25, 0.3) is 0 Å². The molecule has 70 valence electrons. The number of hydrogen-bond donors (Lipinski definition) is 4. The van der Waals surface area contributed by atoms with Crippen molar-refractivity contribution in [1.29, 1.82) is 0 Å². The van der Waals surface area contributed by atoms with E-state index in [1.54, 1.807) is 0 Å². The Morgan fingerprint density at radius 2 is 1.75 bits per heavy atom. The Balaban J connectivity index is 2.11. The third-order valence-corrected chi connectivity index (χ3v) is 2.23. The molecule has 0 amide bonds. The highest BCUT2D eigenvalue weighted by molar-refractivity contribution is 4.93. The van der Waals surface area contributed by atoms with E-state index in [1.807, 2.05) is 0 Å². The van der Waals surface area contributed by atoms with Crippen LogP contribution in [-0.2, 0) is 9.41 Å². The lowest BCUT2D eigenvalue weighted by Crippen LogP contribution is -2.54. The molecule has 0 saturated carbocycles. The van der Waals surface area contributed by atoms with Gasteiger partial charge in [-0.25, -0.2) is 0 Å². The Morgan fingerprint density at radius 3 is 2.33 bits per heavy atom. The minimum Gasteiger partial charge on any atom is -0.388 e. The standard InChI is InChI=1S/C6H11O6/c7-1-2-3(8)4(9)5(10)6-11-12(2)6/h2-10H,1H2/q+1/t2-,3-,4+,5-,6-/m1/s1. The van der Waals surface area contributed by atoms with Crippen molar-refractivity contribution in [1.82, 2.24) is 0 Å². The monoisotopic (exact) mass is 179 g/mol. The van der Waals surface area contributed by atoms with Crippen LogP contribution in [0.2, 0.25) is 0 Å². The van der Waals surface area contributed by atoms with Gasteiger partial charge in [0.05, 0.1) is 0 Å². The largest absolute Gasteiger partial charge is 0.399 e. The Hall–Kier alpha value is -0.240. The molecule has 2 saturated heterocycles. The molecule has 0 aliphatic carbocycles. The van der Waals surface area contributed by atoms with Gasteiger partial charge in [-0.05, 0) is 4.89 Å². The highest BCUT2D eigenvalue weighted by Crippen LogP contribution is 2.41. The number of aliphatic hydroxyl groups is 4. The average Bonchev–Trinajstić information content (AvgIpc) is 2.81. The van der Waals surface area contributed by atoms with Crippen LogP contribution < -0.4 is 0 Å². The molecule has 12 heavy (non-hydrogen) atoms. The summed E-state index contributed by atoms with van der Waals surface area (Å²) in [5.41, 5.74) is 0. The molecule has 0 spiro atoms. The van der Waals surface area contributed by atoms with Gasteiger partial charge in [-0.2, -0.15) is 4.52 Å². The first-order chi connectivity index (χ1) is 5.66. The lowest BCUT2D eigenvalue weighted by atomic mass is 10.0. The van der Waals surface area contributed by atoms with E-state index in [0.717, 1.165) is 0 Å². The molecule has 5 atom stereocenters. The maximum absolute atomic E-state index is 9.29. The molecule has 0 bridgehead atoms. The van der Waals surface area contributed by atoms with Crippen LogP contribution in [0.1, 0.15) is 0 Å². The molecule has 2 fully saturated rings. The zero-order chi connectivity index (χ0) is 8.88. The first-order valence-corrected chi connectivity index (χ1v) is 3.71. The normalized spacial score (nSPS) is 53.5. The second-order valence-electron chi connectivity index (χ2n) is 2.99. The summed E-state index contributed by atoms with van der Waals surface area (Å²) in [5.74, 6) is 0. The quantitative estimate of drug-likeness (QED) is 0.199. The topological polar surface area (TPSA) is 96.2 Å². The summed E-state index contributed by atoms with van der Waals surface area (Å²) in [6.45, 7) is -0.341. The third-order valence-electron chi connectivity index (χ3n) is 2.23. The van der Waals surface area contributed by atoms with Gasteiger partial charge >= 0.3 is 6.29 Å². The van der Waals surface area contributed by atoms with Crippen molar-refractivity contribution >= 4 is 0 Å². The fourth-order valence-corrected chi connectivity index (χ4v) is 1.43. The lowest BCUT2D eigenvalue weighted by molar-refractivity contribution is -0.275. The number of hydrogen-bond acceptors (Lipinski definition) is 5. The van der Waals surface area contributed by atoms with E-state index in [4.69, 9.17) is 9.99 Å². The molecule has 6 heteroatoms. The molecule has 2 aliphatic rings. The highest BCUT2D eigenvalue weighted by Gasteiger charge is 2.68. The maximum atomic E-state index is 9.29. The van der Waals surface area contributed by atoms with Crippen molar-refractivity contribution in [3.63, 3.8) is 0 Å². The van der Waals surface area contributed by atoms with Crippen molar-refractivity contribution in [2.45, 2.75) is 30.7 Å². The summed E-state index contributed by atoms with van der Waals surface area (Å²) in [6.07, 6.45) is -4.96. The van der Waals surface area contributed by atoms with Gasteiger partial charge in [-0.3, -0.25) is 0 Å². The summed E-state index contributed by atoms with van der Waals surface area (Å²) in [4.78, 5) is 4.75. The van der Waals surface area contributed by atoms with Gasteiger partial charge in [-0.15, -0.1) is 0 Å². The molecule has 4 N–H and O–H groups in total. The van der Waals surface area contributed by atoms with Crippen molar-refractivity contribution in [3.05, 3.63) is 0 Å². The molecule has 0 aromatic heterocycles. The van der Waals surface area contributed by atoms with Crippen LogP contribution in [-0.4, -0.2) is 57.7 Å². The Kier molecular flexibility index (Phi) is 1.83. The molecule has 6 nitrogen and oxygen atoms in total. The van der Waals surface area contributed by atoms with Gasteiger partial charge in [0, 0.05) is 0 Å². The fourth-order valence-electron chi connectivity index (χ4n) is 1.43. The fraction of sp³-hybridized carbons (Fsp3) is 1.00. The summed E-state index contributed by atoms with van der Waals surface area (Å²) >= 11 is 0. The number of aliphatic hydroxyl groups excluding tert-OH is 4. The van der Waals surface area contributed by atoms with E-state index in [0.29, 0.717) is 0 Å². The second-order valence-corrected chi connectivity index (χ2v) is 2.99. The first kappa shape index (κ1) is 8.36. The van der Waals surface area contributed by atoms with Crippen LogP contribution in [0.3, 0.4) is 0 Å². The maximum Gasteiger partial charge on any atom is 0.399 e. The van der Waals surface area contributed by atoms with E-state index in [1.165, 1.54) is 0 Å². The molecular weight excluding hydrogens is 168 g/mol. The zero-order valence-corrected chi connectivity index (χ0v) is 6.20. The number of fused-ring (bicyclic) bond motifs is 1. The minimum absolute atomic E-state index is 0.341. The molecule has 2 rings (SSSR count). The van der Waals surface area contributed by atoms with Gasteiger partial charge in [0.15, 0.2) is 12.2 Å². The van der Waals surface area contributed by atoms with Gasteiger partial charge in [-0.1, -0.05) is 0 Å². The van der Waals surface area contributed by atoms with Crippen molar-refractivity contribution in [3.8, 4) is 0 Å². The average molecular weight is 179 g/mol. The molecule has 2 heterocycles. The van der Waals surface area contributed by atoms with Crippen LogP contribution >= 0.6 is 0 Å². The van der Waals surface area contributed by atoms with E-state index in [2.05, 4.69) is 4.52 Å². The second kappa shape index (κ2) is 2.63. The molecule has 0 unspecified atom stereocenters. The lowest BCUT2D eigenvalue weighted by Gasteiger charge is -2.25. The SMILES string of the molecule is OC[C@@H]1[C@@H](O)[C@H](O)[C@@H](O)[C@@H]2O[O+]12. The molecule has 0 aromatic carbocycles. The molecular formula is C6H11O6+. The zero-order valence-electron chi connectivity index (χ0n) is 6.20. The smallest absolute Gasteiger partial charge is 0.388 e. The van der Waals surface area contributed by atoms with Crippen LogP contribution in [0.4, 0.5) is 0 Å². The van der Waals surface area contributed by atoms with Crippen LogP contribution in [0, 0.1) is 0 Å². The third kappa shape index (κ3) is 0.972. The van der Waals surface area contributed by atoms with Gasteiger partial charge in [0.1, 0.15) is 12.7 Å². The molecule has 0 aromatic rings. The van der Waals surface area contributed by atoms with E-state index >= 15 is 0 Å². The van der Waals surface area contributed by atoms with Crippen molar-refractivity contribution < 1.29 is 29.8 Å². The molecule has 2 aliphatic heterocycles. The summed E-state index contributed by atoms with van der Waals surface area (Å²) in [5, 5.41) is 36.5. The van der Waals surface area contributed by atoms with E-state index in [-0.39, 0.29) is 6.61 Å². The predicted octanol–water partition coefficient (Wildman–Crippen LogP) is -2.73. The Bertz CT molecular complexity index is 185. The van der Waals surface area contributed by atoms with Crippen molar-refractivity contribution in [2.75, 3.05) is 6.61 Å². The van der Waals surface area contributed by atoms with Gasteiger partial charge in [0.25, 0.3) is 0 Å². The number of rotatable bonds is 1. The Morgan fingerprint density at radius 1 is 1.08 bits per heavy atom. The minimum atomic E-state index is -1.27. The van der Waals surface area contributed by atoms with E-state index in [9.17, 15) is 15.3 Å². The highest BCUT2D eigenvalue weighted by atomic mass is 17.5. The Labute approximate surface area is 68.2 Å². The van der Waals surface area contributed by atoms with Gasteiger partial charge < -0.3 is 20.4 Å². The summed E-state index contributed by atoms with van der Waals surface area (Å²) < 4.78 is 2.08.